The van der Waals surface area contributed by atoms with Crippen LogP contribution in [0.25, 0.3) is 0 Å². The van der Waals surface area contributed by atoms with E-state index in [0.29, 0.717) is 5.88 Å². The van der Waals surface area contributed by atoms with Crippen LogP contribution >= 0.6 is 11.6 Å². The highest BCUT2D eigenvalue weighted by molar-refractivity contribution is 6.19. The predicted octanol–water partition coefficient (Wildman–Crippen LogP) is 5.99. The molecule has 0 saturated heterocycles. The van der Waals surface area contributed by atoms with Gasteiger partial charge >= 0.3 is 0 Å². The molecule has 0 aliphatic carbocycles. The van der Waals surface area contributed by atoms with Crippen LogP contribution < -0.4 is 0 Å². The SMILES string of the molecule is C/C=C\C(=C/C)CCl.C=CC.CC.CC. The Morgan fingerprint density at radius 3 is 1.47 bits per heavy atom. The Balaban J connectivity index is -0.0000000726. The van der Waals surface area contributed by atoms with E-state index in [1.54, 1.807) is 6.08 Å². The molecule has 0 atom stereocenters. The Morgan fingerprint density at radius 2 is 1.40 bits per heavy atom. The molecule has 1 heteroatoms. The molecule has 92 valence electrons. The standard InChI is InChI=1S/C7H11Cl.C3H6.2C2H6/c1-3-5-7(4-2)6-8;1-3-2;2*1-2/h3-5H,6H2,1-2H3;3H,1H2,2H3;2*1-2H3/b5-3-,7-4+;;;. The predicted molar refractivity (Wildman–Crippen MR) is 77.9 cm³/mol. The van der Waals surface area contributed by atoms with Crippen LogP contribution in [0.5, 0.6) is 0 Å². The fourth-order valence-corrected chi connectivity index (χ4v) is 0.675. The summed E-state index contributed by atoms with van der Waals surface area (Å²) in [4.78, 5) is 0. The molecule has 0 fully saturated rings. The van der Waals surface area contributed by atoms with Crippen molar-refractivity contribution in [3.8, 4) is 0 Å². The Hall–Kier alpha value is -0.490. The molecule has 0 radical (unpaired) electrons. The van der Waals surface area contributed by atoms with E-state index in [4.69, 9.17) is 11.6 Å². The lowest BCUT2D eigenvalue weighted by molar-refractivity contribution is 1.47. The molecule has 0 aromatic rings. The first kappa shape index (κ1) is 24.0. The van der Waals surface area contributed by atoms with Crippen LogP contribution in [0, 0.1) is 0 Å². The van der Waals surface area contributed by atoms with Gasteiger partial charge < -0.3 is 0 Å². The van der Waals surface area contributed by atoms with Crippen LogP contribution in [0.4, 0.5) is 0 Å². The fourth-order valence-electron chi connectivity index (χ4n) is 0.432. The summed E-state index contributed by atoms with van der Waals surface area (Å²) < 4.78 is 0. The van der Waals surface area contributed by atoms with E-state index in [0.717, 1.165) is 0 Å². The van der Waals surface area contributed by atoms with E-state index in [1.165, 1.54) is 5.57 Å². The number of rotatable bonds is 2. The highest BCUT2D eigenvalue weighted by atomic mass is 35.5. The van der Waals surface area contributed by atoms with Gasteiger partial charge in [-0.15, -0.1) is 18.2 Å². The minimum Gasteiger partial charge on any atom is -0.122 e. The summed E-state index contributed by atoms with van der Waals surface area (Å²) in [5, 5.41) is 0. The highest BCUT2D eigenvalue weighted by Crippen LogP contribution is 1.97. The summed E-state index contributed by atoms with van der Waals surface area (Å²) in [5.41, 5.74) is 1.18. The van der Waals surface area contributed by atoms with Crippen LogP contribution in [0.1, 0.15) is 48.5 Å². The summed E-state index contributed by atoms with van der Waals surface area (Å²) in [7, 11) is 0. The highest BCUT2D eigenvalue weighted by Gasteiger charge is 1.81. The third kappa shape index (κ3) is 42.2. The summed E-state index contributed by atoms with van der Waals surface area (Å²) in [6.07, 6.45) is 7.75. The Kier molecular flexibility index (Phi) is 59.9. The maximum absolute atomic E-state index is 5.53. The van der Waals surface area contributed by atoms with Crippen LogP contribution in [0.2, 0.25) is 0 Å². The first-order valence-corrected chi connectivity index (χ1v) is 6.21. The first-order chi connectivity index (χ1) is 7.26. The quantitative estimate of drug-likeness (QED) is 0.312. The van der Waals surface area contributed by atoms with Crippen LogP contribution in [0.3, 0.4) is 0 Å². The maximum Gasteiger partial charge on any atom is 0.0470 e. The number of halogens is 1. The van der Waals surface area contributed by atoms with Crippen molar-refractivity contribution in [1.82, 2.24) is 0 Å². The second kappa shape index (κ2) is 37.5. The van der Waals surface area contributed by atoms with Crippen LogP contribution in [-0.4, -0.2) is 5.88 Å². The van der Waals surface area contributed by atoms with Crippen LogP contribution in [-0.2, 0) is 0 Å². The monoisotopic (exact) mass is 232 g/mol. The molecular formula is C14H29Cl. The fraction of sp³-hybridized carbons (Fsp3) is 0.571. The van der Waals surface area contributed by atoms with Gasteiger partial charge in [0.1, 0.15) is 0 Å². The summed E-state index contributed by atoms with van der Waals surface area (Å²) in [6, 6.07) is 0. The lowest BCUT2D eigenvalue weighted by atomic mass is 10.3. The van der Waals surface area contributed by atoms with Crippen molar-refractivity contribution in [2.75, 3.05) is 5.88 Å². The zero-order chi connectivity index (χ0) is 13.1. The van der Waals surface area contributed by atoms with E-state index in [2.05, 4.69) is 6.58 Å². The van der Waals surface area contributed by atoms with Crippen molar-refractivity contribution in [2.24, 2.45) is 0 Å². The molecule has 0 unspecified atom stereocenters. The molecule has 0 rings (SSSR count). The van der Waals surface area contributed by atoms with Crippen molar-refractivity contribution in [3.05, 3.63) is 36.5 Å². The van der Waals surface area contributed by atoms with Crippen molar-refractivity contribution in [3.63, 3.8) is 0 Å². The largest absolute Gasteiger partial charge is 0.122 e. The van der Waals surface area contributed by atoms with Gasteiger partial charge in [0.2, 0.25) is 0 Å². The van der Waals surface area contributed by atoms with Crippen molar-refractivity contribution in [1.29, 1.82) is 0 Å². The molecule has 0 heterocycles. The second-order valence-corrected chi connectivity index (χ2v) is 2.17. The molecule has 0 N–H and O–H groups in total. The van der Waals surface area contributed by atoms with Gasteiger partial charge in [-0.05, 0) is 26.3 Å². The van der Waals surface area contributed by atoms with E-state index in [1.807, 2.05) is 66.7 Å². The molecule has 0 amide bonds. The molecule has 0 bridgehead atoms. The molecule has 0 nitrogen and oxygen atoms in total. The van der Waals surface area contributed by atoms with Crippen molar-refractivity contribution < 1.29 is 0 Å². The average Bonchev–Trinajstić information content (AvgIpc) is 2.32. The normalized spacial score (nSPS) is 8.67. The average molecular weight is 233 g/mol. The van der Waals surface area contributed by atoms with E-state index in [-0.39, 0.29) is 0 Å². The first-order valence-electron chi connectivity index (χ1n) is 5.67. The third-order valence-electron chi connectivity index (χ3n) is 0.906. The molecule has 0 aliphatic heterocycles. The lowest BCUT2D eigenvalue weighted by Gasteiger charge is -1.88. The minimum atomic E-state index is 0.612. The minimum absolute atomic E-state index is 0.612. The van der Waals surface area contributed by atoms with Crippen LogP contribution in [0.15, 0.2) is 36.5 Å². The van der Waals surface area contributed by atoms with Gasteiger partial charge in [-0.25, -0.2) is 0 Å². The van der Waals surface area contributed by atoms with Gasteiger partial charge in [0, 0.05) is 5.88 Å². The van der Waals surface area contributed by atoms with Gasteiger partial charge in [-0.1, -0.05) is 52.0 Å². The molecule has 0 saturated carbocycles. The van der Waals surface area contributed by atoms with E-state index in [9.17, 15) is 0 Å². The number of hydrogen-bond donors (Lipinski definition) is 0. The van der Waals surface area contributed by atoms with Gasteiger partial charge in [-0.2, -0.15) is 0 Å². The zero-order valence-corrected chi connectivity index (χ0v) is 12.4. The summed E-state index contributed by atoms with van der Waals surface area (Å²) in [6.45, 7) is 17.2. The van der Waals surface area contributed by atoms with Gasteiger partial charge in [0.05, 0.1) is 0 Å². The second-order valence-electron chi connectivity index (χ2n) is 1.91. The van der Waals surface area contributed by atoms with Gasteiger partial charge in [0.15, 0.2) is 0 Å². The Morgan fingerprint density at radius 1 is 1.07 bits per heavy atom. The van der Waals surface area contributed by atoms with Crippen molar-refractivity contribution >= 4 is 11.6 Å². The molecule has 0 aliphatic rings. The van der Waals surface area contributed by atoms with E-state index >= 15 is 0 Å². The molecule has 0 aromatic carbocycles. The van der Waals surface area contributed by atoms with Crippen molar-refractivity contribution in [2.45, 2.75) is 48.5 Å². The summed E-state index contributed by atoms with van der Waals surface area (Å²) >= 11 is 5.53. The summed E-state index contributed by atoms with van der Waals surface area (Å²) in [5.74, 6) is 0.612. The lowest BCUT2D eigenvalue weighted by Crippen LogP contribution is -1.74. The molecule has 0 spiro atoms. The topological polar surface area (TPSA) is 0 Å². The molecule has 0 aromatic heterocycles. The Bertz CT molecular complexity index is 130. The smallest absolute Gasteiger partial charge is 0.0470 e. The van der Waals surface area contributed by atoms with E-state index < -0.39 is 0 Å². The number of alkyl halides is 1. The van der Waals surface area contributed by atoms with Gasteiger partial charge in [-0.3, -0.25) is 0 Å². The maximum atomic E-state index is 5.53. The molecule has 15 heavy (non-hydrogen) atoms. The third-order valence-corrected chi connectivity index (χ3v) is 1.21. The Labute approximate surface area is 103 Å². The zero-order valence-electron chi connectivity index (χ0n) is 11.6. The number of hydrogen-bond acceptors (Lipinski definition) is 0. The molecular weight excluding hydrogens is 204 g/mol. The van der Waals surface area contributed by atoms with Gasteiger partial charge in [0.25, 0.3) is 0 Å². The number of allylic oxidation sites excluding steroid dienone is 5.